The van der Waals surface area contributed by atoms with Gasteiger partial charge in [0.2, 0.25) is 5.91 Å². The van der Waals surface area contributed by atoms with Gasteiger partial charge in [-0.15, -0.1) is 0 Å². The van der Waals surface area contributed by atoms with Gasteiger partial charge in [-0.2, -0.15) is 5.10 Å². The number of hydrogen-bond donors (Lipinski definition) is 2. The molecule has 3 amide bonds. The van der Waals surface area contributed by atoms with Crippen LogP contribution < -0.4 is 10.6 Å². The van der Waals surface area contributed by atoms with Crippen LogP contribution in [0, 0.1) is 11.7 Å². The summed E-state index contributed by atoms with van der Waals surface area (Å²) in [6.45, 7) is 6.62. The Hall–Kier alpha value is -3.23. The fourth-order valence-electron chi connectivity index (χ4n) is 3.38. The van der Waals surface area contributed by atoms with E-state index < -0.39 is 5.54 Å². The van der Waals surface area contributed by atoms with E-state index in [1.807, 2.05) is 0 Å². The second-order valence-corrected chi connectivity index (χ2v) is 8.46. The molecule has 31 heavy (non-hydrogen) atoms. The molecule has 8 nitrogen and oxygen atoms in total. The molecule has 0 saturated carbocycles. The Kier molecular flexibility index (Phi) is 6.42. The van der Waals surface area contributed by atoms with Gasteiger partial charge in [0.05, 0.1) is 6.54 Å². The second kappa shape index (κ2) is 8.87. The number of carbonyl (C=O) groups is 3. The van der Waals surface area contributed by atoms with E-state index >= 15 is 0 Å². The third-order valence-electron chi connectivity index (χ3n) is 5.60. The Morgan fingerprint density at radius 1 is 1.23 bits per heavy atom. The second-order valence-electron chi connectivity index (χ2n) is 8.46. The zero-order valence-corrected chi connectivity index (χ0v) is 18.2. The van der Waals surface area contributed by atoms with Gasteiger partial charge in [0, 0.05) is 26.2 Å². The van der Waals surface area contributed by atoms with Gasteiger partial charge < -0.3 is 15.5 Å². The molecule has 0 spiro atoms. The van der Waals surface area contributed by atoms with Crippen LogP contribution in [0.15, 0.2) is 30.3 Å². The summed E-state index contributed by atoms with van der Waals surface area (Å²) in [6, 6.07) is 7.28. The summed E-state index contributed by atoms with van der Waals surface area (Å²) < 4.78 is 14.5. The summed E-state index contributed by atoms with van der Waals surface area (Å²) in [7, 11) is 1.55. The Morgan fingerprint density at radius 3 is 2.55 bits per heavy atom. The molecule has 0 aliphatic carbocycles. The van der Waals surface area contributed by atoms with Gasteiger partial charge in [0.25, 0.3) is 11.8 Å². The summed E-state index contributed by atoms with van der Waals surface area (Å²) in [5, 5.41) is 9.88. The summed E-state index contributed by atoms with van der Waals surface area (Å²) >= 11 is 0. The topological polar surface area (TPSA) is 96.3 Å². The Balaban J connectivity index is 1.72. The first-order valence-corrected chi connectivity index (χ1v) is 10.3. The maximum Gasteiger partial charge on any atom is 0.272 e. The van der Waals surface area contributed by atoms with Crippen LogP contribution in [0.4, 0.5) is 4.39 Å². The standard InChI is InChI=1S/C22H28FN5O3/c1-14(2)9-10-24-19(29)17-11-18-20(30)27(4)22(3,13-28(18)26-17)21(31)25-12-15-5-7-16(23)8-6-15/h5-8,11,14H,9-10,12-13H2,1-4H3,(H,24,29)(H,25,31). The lowest BCUT2D eigenvalue weighted by atomic mass is 9.96. The van der Waals surface area contributed by atoms with Crippen molar-refractivity contribution in [3.05, 3.63) is 53.1 Å². The van der Waals surface area contributed by atoms with E-state index in [2.05, 4.69) is 29.6 Å². The number of benzene rings is 1. The molecule has 2 aromatic rings. The molecule has 1 atom stereocenters. The minimum Gasteiger partial charge on any atom is -0.351 e. The van der Waals surface area contributed by atoms with Crippen molar-refractivity contribution in [2.75, 3.05) is 13.6 Å². The highest BCUT2D eigenvalue weighted by Gasteiger charge is 2.46. The van der Waals surface area contributed by atoms with E-state index in [1.165, 1.54) is 27.8 Å². The third-order valence-corrected chi connectivity index (χ3v) is 5.60. The van der Waals surface area contributed by atoms with Gasteiger partial charge in [0.1, 0.15) is 17.1 Å². The molecule has 9 heteroatoms. The number of likely N-dealkylation sites (N-methyl/N-ethyl adjacent to an activating group) is 1. The van der Waals surface area contributed by atoms with E-state index in [0.717, 1.165) is 12.0 Å². The molecule has 0 fully saturated rings. The Bertz CT molecular complexity index is 986. The van der Waals surface area contributed by atoms with E-state index in [9.17, 15) is 18.8 Å². The first kappa shape index (κ1) is 22.5. The SMILES string of the molecule is CC(C)CCNC(=O)c1cc2n(n1)CC(C)(C(=O)NCc1ccc(F)cc1)N(C)C2=O. The van der Waals surface area contributed by atoms with Crippen LogP contribution in [0.3, 0.4) is 0 Å². The summed E-state index contributed by atoms with van der Waals surface area (Å²) in [5.74, 6) is -0.994. The number of amides is 3. The van der Waals surface area contributed by atoms with Crippen LogP contribution in [0.1, 0.15) is 53.7 Å². The van der Waals surface area contributed by atoms with Crippen molar-refractivity contribution in [1.29, 1.82) is 0 Å². The number of nitrogens with zero attached hydrogens (tertiary/aromatic N) is 3. The van der Waals surface area contributed by atoms with Crippen LogP contribution in [0.25, 0.3) is 0 Å². The van der Waals surface area contributed by atoms with Crippen molar-refractivity contribution in [2.45, 2.75) is 45.8 Å². The maximum absolute atomic E-state index is 13.1. The fraction of sp³-hybridized carbons (Fsp3) is 0.455. The lowest BCUT2D eigenvalue weighted by molar-refractivity contribution is -0.132. The van der Waals surface area contributed by atoms with Crippen molar-refractivity contribution in [3.8, 4) is 0 Å². The molecule has 0 radical (unpaired) electrons. The zero-order valence-electron chi connectivity index (χ0n) is 18.2. The van der Waals surface area contributed by atoms with Gasteiger partial charge in [-0.25, -0.2) is 4.39 Å². The summed E-state index contributed by atoms with van der Waals surface area (Å²) in [4.78, 5) is 39.6. The predicted molar refractivity (Wildman–Crippen MR) is 113 cm³/mol. The van der Waals surface area contributed by atoms with E-state index in [1.54, 1.807) is 26.1 Å². The molecule has 3 rings (SSSR count). The molecule has 0 bridgehead atoms. The number of nitrogens with one attached hydrogen (secondary N) is 2. The van der Waals surface area contributed by atoms with Crippen LogP contribution in [-0.4, -0.2) is 51.5 Å². The number of halogens is 1. The molecule has 1 unspecified atom stereocenters. The van der Waals surface area contributed by atoms with Crippen molar-refractivity contribution in [1.82, 2.24) is 25.3 Å². The quantitative estimate of drug-likeness (QED) is 0.703. The van der Waals surface area contributed by atoms with Gasteiger partial charge in [0.15, 0.2) is 5.69 Å². The van der Waals surface area contributed by atoms with Crippen LogP contribution in [-0.2, 0) is 17.9 Å². The molecule has 1 aromatic heterocycles. The van der Waals surface area contributed by atoms with Gasteiger partial charge in [-0.1, -0.05) is 26.0 Å². The Labute approximate surface area is 180 Å². The summed E-state index contributed by atoms with van der Waals surface area (Å²) in [5.41, 5.74) is -0.0401. The van der Waals surface area contributed by atoms with Crippen molar-refractivity contribution < 1.29 is 18.8 Å². The number of aromatic nitrogens is 2. The molecular formula is C22H28FN5O3. The normalized spacial score (nSPS) is 18.1. The molecule has 0 saturated heterocycles. The molecule has 1 aliphatic heterocycles. The molecule has 166 valence electrons. The minimum atomic E-state index is -1.19. The minimum absolute atomic E-state index is 0.110. The van der Waals surface area contributed by atoms with Crippen molar-refractivity contribution in [3.63, 3.8) is 0 Å². The molecule has 2 N–H and O–H groups in total. The maximum atomic E-state index is 13.1. The smallest absolute Gasteiger partial charge is 0.272 e. The predicted octanol–water partition coefficient (Wildman–Crippen LogP) is 1.96. The van der Waals surface area contributed by atoms with E-state index in [0.29, 0.717) is 12.5 Å². The number of rotatable bonds is 7. The molecular weight excluding hydrogens is 401 g/mol. The van der Waals surface area contributed by atoms with Gasteiger partial charge in [-0.3, -0.25) is 19.1 Å². The van der Waals surface area contributed by atoms with E-state index in [-0.39, 0.29) is 48.0 Å². The first-order valence-electron chi connectivity index (χ1n) is 10.3. The average Bonchev–Trinajstić information content (AvgIpc) is 3.15. The van der Waals surface area contributed by atoms with Crippen LogP contribution >= 0.6 is 0 Å². The lowest BCUT2D eigenvalue weighted by Crippen LogP contribution is -2.62. The van der Waals surface area contributed by atoms with Crippen LogP contribution in [0.5, 0.6) is 0 Å². The summed E-state index contributed by atoms with van der Waals surface area (Å²) in [6.07, 6.45) is 0.841. The zero-order chi connectivity index (χ0) is 22.8. The average molecular weight is 429 g/mol. The fourth-order valence-corrected chi connectivity index (χ4v) is 3.38. The van der Waals surface area contributed by atoms with Gasteiger partial charge >= 0.3 is 0 Å². The van der Waals surface area contributed by atoms with Crippen LogP contribution in [0.2, 0.25) is 0 Å². The largest absolute Gasteiger partial charge is 0.351 e. The van der Waals surface area contributed by atoms with Gasteiger partial charge in [-0.05, 0) is 37.0 Å². The highest BCUT2D eigenvalue weighted by Crippen LogP contribution is 2.26. The Morgan fingerprint density at radius 2 is 1.90 bits per heavy atom. The highest BCUT2D eigenvalue weighted by atomic mass is 19.1. The van der Waals surface area contributed by atoms with Crippen molar-refractivity contribution in [2.24, 2.45) is 5.92 Å². The van der Waals surface area contributed by atoms with E-state index in [4.69, 9.17) is 0 Å². The number of hydrogen-bond acceptors (Lipinski definition) is 4. The first-order chi connectivity index (χ1) is 14.6. The molecule has 1 aliphatic rings. The molecule has 1 aromatic carbocycles. The number of carbonyl (C=O) groups excluding carboxylic acids is 3. The molecule has 2 heterocycles. The monoisotopic (exact) mass is 429 g/mol. The number of fused-ring (bicyclic) bond motifs is 1. The third kappa shape index (κ3) is 4.76. The highest BCUT2D eigenvalue weighted by molar-refractivity contribution is 6.01. The van der Waals surface area contributed by atoms with Crippen molar-refractivity contribution >= 4 is 17.7 Å². The lowest BCUT2D eigenvalue weighted by Gasteiger charge is -2.40.